The number of halogens is 2. The molecule has 1 aromatic rings. The monoisotopic (exact) mass is 302 g/mol. The number of carbonyl (C=O) groups is 1. The van der Waals surface area contributed by atoms with Crippen LogP contribution in [0.3, 0.4) is 0 Å². The molecule has 0 spiro atoms. The normalized spacial score (nSPS) is 17.4. The van der Waals surface area contributed by atoms with E-state index in [0.717, 1.165) is 6.42 Å². The molecule has 112 valence electrons. The van der Waals surface area contributed by atoms with Crippen molar-refractivity contribution < 1.29 is 13.9 Å². The number of methoxy groups -OCH3 is 1. The molecule has 4 nitrogen and oxygen atoms in total. The number of carbonyl (C=O) groups excluding carboxylic acids is 1. The molecule has 6 heteroatoms. The van der Waals surface area contributed by atoms with Crippen LogP contribution in [0.25, 0.3) is 0 Å². The zero-order chi connectivity index (χ0) is 14.0. The third kappa shape index (κ3) is 3.22. The molecule has 1 aromatic carbocycles. The average molecular weight is 303 g/mol. The van der Waals surface area contributed by atoms with Gasteiger partial charge in [0.15, 0.2) is 11.6 Å². The van der Waals surface area contributed by atoms with Crippen LogP contribution in [-0.2, 0) is 4.79 Å². The smallest absolute Gasteiger partial charge is 0.240 e. The summed E-state index contributed by atoms with van der Waals surface area (Å²) in [5.74, 6) is -0.411. The summed E-state index contributed by atoms with van der Waals surface area (Å²) in [5.41, 5.74) is 5.89. The lowest BCUT2D eigenvalue weighted by atomic mass is 9.77. The van der Waals surface area contributed by atoms with Crippen LogP contribution < -0.4 is 15.8 Å². The van der Waals surface area contributed by atoms with E-state index in [4.69, 9.17) is 10.5 Å². The second kappa shape index (κ2) is 6.41. The first-order valence-corrected chi connectivity index (χ1v) is 6.39. The summed E-state index contributed by atoms with van der Waals surface area (Å²) in [4.78, 5) is 12.0. The quantitative estimate of drug-likeness (QED) is 0.897. The van der Waals surface area contributed by atoms with Crippen LogP contribution in [0.5, 0.6) is 5.75 Å². The molecule has 0 radical (unpaired) electrons. The lowest BCUT2D eigenvalue weighted by molar-refractivity contribution is -0.129. The van der Waals surface area contributed by atoms with Gasteiger partial charge in [0.05, 0.1) is 18.7 Å². The number of rotatable bonds is 4. The van der Waals surface area contributed by atoms with Crippen molar-refractivity contribution in [2.24, 2.45) is 5.73 Å². The van der Waals surface area contributed by atoms with Gasteiger partial charge in [-0.1, -0.05) is 6.07 Å². The molecule has 20 heavy (non-hydrogen) atoms. The van der Waals surface area contributed by atoms with Crippen molar-refractivity contribution >= 4 is 18.3 Å². The average Bonchev–Trinajstić information content (AvgIpc) is 2.35. The van der Waals surface area contributed by atoms with Crippen molar-refractivity contribution in [1.82, 2.24) is 5.32 Å². The van der Waals surface area contributed by atoms with Crippen molar-refractivity contribution in [3.63, 3.8) is 0 Å². The number of ether oxygens (including phenoxy) is 1. The summed E-state index contributed by atoms with van der Waals surface area (Å²) in [6.07, 6.45) is 2.40. The zero-order valence-electron chi connectivity index (χ0n) is 11.6. The molecule has 3 N–H and O–H groups in total. The number of benzene rings is 1. The van der Waals surface area contributed by atoms with Crippen LogP contribution in [-0.4, -0.2) is 18.6 Å². The largest absolute Gasteiger partial charge is 0.494 e. The van der Waals surface area contributed by atoms with Crippen molar-refractivity contribution in [3.05, 3.63) is 29.6 Å². The second-order valence-corrected chi connectivity index (χ2v) is 5.10. The van der Waals surface area contributed by atoms with E-state index in [9.17, 15) is 9.18 Å². The predicted molar refractivity (Wildman–Crippen MR) is 77.5 cm³/mol. The number of amides is 1. The molecule has 0 bridgehead atoms. The highest BCUT2D eigenvalue weighted by Gasteiger charge is 2.40. The first-order chi connectivity index (χ1) is 8.96. The SMILES string of the molecule is COc1ccc(C(C)NC(=O)C2(N)CCC2)cc1F.Cl. The lowest BCUT2D eigenvalue weighted by Gasteiger charge is -2.37. The summed E-state index contributed by atoms with van der Waals surface area (Å²) in [6, 6.07) is 4.37. The van der Waals surface area contributed by atoms with E-state index >= 15 is 0 Å². The maximum atomic E-state index is 13.6. The van der Waals surface area contributed by atoms with Crippen LogP contribution in [0, 0.1) is 5.82 Å². The van der Waals surface area contributed by atoms with Crippen LogP contribution >= 0.6 is 12.4 Å². The molecule has 1 aliphatic carbocycles. The van der Waals surface area contributed by atoms with Gasteiger partial charge in [-0.25, -0.2) is 4.39 Å². The summed E-state index contributed by atoms with van der Waals surface area (Å²) in [6.45, 7) is 1.81. The van der Waals surface area contributed by atoms with E-state index in [1.165, 1.54) is 13.2 Å². The summed E-state index contributed by atoms with van der Waals surface area (Å²) < 4.78 is 18.5. The fraction of sp³-hybridized carbons (Fsp3) is 0.500. The number of hydrogen-bond acceptors (Lipinski definition) is 3. The molecular formula is C14H20ClFN2O2. The zero-order valence-corrected chi connectivity index (χ0v) is 12.4. The number of hydrogen-bond donors (Lipinski definition) is 2. The molecule has 1 saturated carbocycles. The van der Waals surface area contributed by atoms with E-state index in [2.05, 4.69) is 5.32 Å². The Morgan fingerprint density at radius 2 is 2.15 bits per heavy atom. The van der Waals surface area contributed by atoms with Crippen molar-refractivity contribution in [3.8, 4) is 5.75 Å². The molecule has 2 rings (SSSR count). The molecular weight excluding hydrogens is 283 g/mol. The van der Waals surface area contributed by atoms with Gasteiger partial charge in [0.1, 0.15) is 0 Å². The molecule has 0 heterocycles. The minimum absolute atomic E-state index is 0. The predicted octanol–water partition coefficient (Wildman–Crippen LogP) is 2.31. The maximum Gasteiger partial charge on any atom is 0.240 e. The Morgan fingerprint density at radius 3 is 2.60 bits per heavy atom. The summed E-state index contributed by atoms with van der Waals surface area (Å²) in [7, 11) is 1.41. The van der Waals surface area contributed by atoms with E-state index in [-0.39, 0.29) is 30.1 Å². The Bertz CT molecular complexity index is 492. The highest BCUT2D eigenvalue weighted by Crippen LogP contribution is 2.30. The Labute approximate surface area is 124 Å². The summed E-state index contributed by atoms with van der Waals surface area (Å²) >= 11 is 0. The molecule has 0 aromatic heterocycles. The molecule has 1 unspecified atom stereocenters. The molecule has 1 amide bonds. The minimum atomic E-state index is -0.737. The van der Waals surface area contributed by atoms with Gasteiger partial charge in [-0.2, -0.15) is 0 Å². The van der Waals surface area contributed by atoms with E-state index in [1.807, 2.05) is 0 Å². The maximum absolute atomic E-state index is 13.6. The first-order valence-electron chi connectivity index (χ1n) is 6.39. The second-order valence-electron chi connectivity index (χ2n) is 5.10. The third-order valence-electron chi connectivity index (χ3n) is 3.72. The standard InChI is InChI=1S/C14H19FN2O2.ClH/c1-9(17-13(18)14(16)6-3-7-14)10-4-5-12(19-2)11(15)8-10;/h4-5,8-9H,3,6-7,16H2,1-2H3,(H,17,18);1H. The van der Waals surface area contributed by atoms with Crippen LogP contribution in [0.1, 0.15) is 37.8 Å². The number of nitrogens with two attached hydrogens (primary N) is 1. The fourth-order valence-electron chi connectivity index (χ4n) is 2.16. The van der Waals surface area contributed by atoms with Gasteiger partial charge < -0.3 is 15.8 Å². The van der Waals surface area contributed by atoms with Gasteiger partial charge in [0.25, 0.3) is 0 Å². The van der Waals surface area contributed by atoms with Gasteiger partial charge in [-0.05, 0) is 43.9 Å². The van der Waals surface area contributed by atoms with Crippen LogP contribution in [0.2, 0.25) is 0 Å². The van der Waals surface area contributed by atoms with Gasteiger partial charge in [0, 0.05) is 0 Å². The Kier molecular flexibility index (Phi) is 5.36. The van der Waals surface area contributed by atoms with E-state index < -0.39 is 11.4 Å². The highest BCUT2D eigenvalue weighted by atomic mass is 35.5. The molecule has 0 saturated heterocycles. The topological polar surface area (TPSA) is 64.3 Å². The van der Waals surface area contributed by atoms with Crippen molar-refractivity contribution in [2.45, 2.75) is 37.8 Å². The van der Waals surface area contributed by atoms with E-state index in [1.54, 1.807) is 19.1 Å². The molecule has 1 aliphatic rings. The highest BCUT2D eigenvalue weighted by molar-refractivity contribution is 5.87. The van der Waals surface area contributed by atoms with Crippen molar-refractivity contribution in [1.29, 1.82) is 0 Å². The summed E-state index contributed by atoms with van der Waals surface area (Å²) in [5, 5.41) is 2.83. The molecule has 1 fully saturated rings. The molecule has 1 atom stereocenters. The van der Waals surface area contributed by atoms with Gasteiger partial charge in [-0.15, -0.1) is 12.4 Å². The third-order valence-corrected chi connectivity index (χ3v) is 3.72. The molecule has 0 aliphatic heterocycles. The van der Waals surface area contributed by atoms with Crippen molar-refractivity contribution in [2.75, 3.05) is 7.11 Å². The lowest BCUT2D eigenvalue weighted by Crippen LogP contribution is -2.58. The Hall–Kier alpha value is -1.33. The van der Waals surface area contributed by atoms with E-state index in [0.29, 0.717) is 18.4 Å². The number of nitrogens with one attached hydrogen (secondary N) is 1. The fourth-order valence-corrected chi connectivity index (χ4v) is 2.16. The van der Waals surface area contributed by atoms with Gasteiger partial charge >= 0.3 is 0 Å². The van der Waals surface area contributed by atoms with Crippen LogP contribution in [0.4, 0.5) is 4.39 Å². The first kappa shape index (κ1) is 16.7. The van der Waals surface area contributed by atoms with Gasteiger partial charge in [-0.3, -0.25) is 4.79 Å². The minimum Gasteiger partial charge on any atom is -0.494 e. The Balaban J connectivity index is 0.00000200. The van der Waals surface area contributed by atoms with Gasteiger partial charge in [0.2, 0.25) is 5.91 Å². The van der Waals surface area contributed by atoms with Crippen LogP contribution in [0.15, 0.2) is 18.2 Å². The Morgan fingerprint density at radius 1 is 1.50 bits per heavy atom.